The molecule has 2 aromatic rings. The van der Waals surface area contributed by atoms with Crippen molar-refractivity contribution in [3.05, 3.63) is 42.5 Å². The summed E-state index contributed by atoms with van der Waals surface area (Å²) in [5, 5.41) is 1.55. The van der Waals surface area contributed by atoms with Gasteiger partial charge in [-0.3, -0.25) is 4.79 Å². The molecule has 1 aliphatic rings. The second-order valence-electron chi connectivity index (χ2n) is 5.30. The van der Waals surface area contributed by atoms with Crippen LogP contribution in [0.15, 0.2) is 47.4 Å². The molecule has 1 aliphatic heterocycles. The summed E-state index contributed by atoms with van der Waals surface area (Å²) in [5.41, 5.74) is 0. The number of hydrogen-bond acceptors (Lipinski definition) is 3. The van der Waals surface area contributed by atoms with Crippen LogP contribution in [0.25, 0.3) is 10.8 Å². The Morgan fingerprint density at radius 1 is 1.14 bits per heavy atom. The van der Waals surface area contributed by atoms with Gasteiger partial charge in [0, 0.05) is 26.0 Å². The molecule has 1 fully saturated rings. The van der Waals surface area contributed by atoms with Gasteiger partial charge in [-0.25, -0.2) is 8.42 Å². The van der Waals surface area contributed by atoms with Crippen LogP contribution in [0.4, 0.5) is 0 Å². The van der Waals surface area contributed by atoms with Gasteiger partial charge in [0.25, 0.3) is 0 Å². The molecular weight excluding hydrogens is 288 g/mol. The predicted octanol–water partition coefficient (Wildman–Crippen LogP) is 1.30. The Balaban J connectivity index is 2.01. The van der Waals surface area contributed by atoms with Gasteiger partial charge in [0.05, 0.1) is 4.90 Å². The fraction of sp³-hybridized carbons (Fsp3) is 0.267. The molecule has 0 aromatic heterocycles. The van der Waals surface area contributed by atoms with Gasteiger partial charge in [-0.05, 0) is 11.5 Å². The molecule has 1 saturated heterocycles. The average Bonchev–Trinajstić information content (AvgIpc) is 3.26. The molecule has 2 aromatic carbocycles. The number of fused-ring (bicyclic) bond motifs is 1. The molecule has 6 heteroatoms. The number of benzene rings is 2. The molecule has 0 saturated carbocycles. The van der Waals surface area contributed by atoms with Gasteiger partial charge in [-0.15, -0.1) is 0 Å². The molecular formula is C15H16N2O3S. The van der Waals surface area contributed by atoms with E-state index in [0.717, 1.165) is 5.39 Å². The summed E-state index contributed by atoms with van der Waals surface area (Å²) in [6.07, 6.45) is 0. The van der Waals surface area contributed by atoms with Gasteiger partial charge in [-0.2, -0.15) is 4.31 Å². The zero-order valence-corrected chi connectivity index (χ0v) is 12.7. The molecule has 110 valence electrons. The van der Waals surface area contributed by atoms with Crippen molar-refractivity contribution < 1.29 is 13.2 Å². The lowest BCUT2D eigenvalue weighted by Gasteiger charge is -2.12. The van der Waals surface area contributed by atoms with E-state index >= 15 is 0 Å². The standard InChI is InChI=1S/C15H16N2O3S/c1-16(2)15(18)13-10-17(13)21(19,20)14-9-5-7-11-6-3-4-8-12(11)14/h3-9,13H,10H2,1-2H3. The van der Waals surface area contributed by atoms with Crippen molar-refractivity contribution in [3.8, 4) is 0 Å². The molecule has 2 atom stereocenters. The van der Waals surface area contributed by atoms with Gasteiger partial charge in [-0.1, -0.05) is 36.4 Å². The summed E-state index contributed by atoms with van der Waals surface area (Å²) in [7, 11) is -0.378. The zero-order valence-electron chi connectivity index (χ0n) is 11.9. The van der Waals surface area contributed by atoms with Crippen molar-refractivity contribution in [1.82, 2.24) is 9.21 Å². The lowest BCUT2D eigenvalue weighted by molar-refractivity contribution is -0.128. The number of hydrogen-bond donors (Lipinski definition) is 0. The van der Waals surface area contributed by atoms with Gasteiger partial charge < -0.3 is 4.90 Å². The first kappa shape index (κ1) is 14.0. The fourth-order valence-corrected chi connectivity index (χ4v) is 4.16. The normalized spacial score (nSPS) is 21.2. The molecule has 2 unspecified atom stereocenters. The van der Waals surface area contributed by atoms with E-state index in [1.807, 2.05) is 24.3 Å². The number of likely N-dealkylation sites (N-methyl/N-ethyl adjacent to an activating group) is 1. The summed E-state index contributed by atoms with van der Waals surface area (Å²) in [5.74, 6) is -0.182. The molecule has 0 radical (unpaired) electrons. The minimum absolute atomic E-state index is 0.182. The van der Waals surface area contributed by atoms with Crippen LogP contribution in [0.3, 0.4) is 0 Å². The minimum Gasteiger partial charge on any atom is -0.347 e. The third-order valence-electron chi connectivity index (χ3n) is 3.63. The minimum atomic E-state index is -3.63. The number of nitrogens with zero attached hydrogens (tertiary/aromatic N) is 2. The monoisotopic (exact) mass is 304 g/mol. The van der Waals surface area contributed by atoms with Crippen LogP contribution < -0.4 is 0 Å². The number of amides is 1. The third kappa shape index (κ3) is 2.30. The van der Waals surface area contributed by atoms with E-state index in [1.54, 1.807) is 32.3 Å². The first-order chi connectivity index (χ1) is 9.93. The topological polar surface area (TPSA) is 57.5 Å². The van der Waals surface area contributed by atoms with Gasteiger partial charge in [0.15, 0.2) is 0 Å². The van der Waals surface area contributed by atoms with E-state index in [9.17, 15) is 13.2 Å². The molecule has 0 aliphatic carbocycles. The van der Waals surface area contributed by atoms with E-state index in [0.29, 0.717) is 5.39 Å². The Hall–Kier alpha value is -1.92. The molecule has 0 bridgehead atoms. The Kier molecular flexibility index (Phi) is 3.22. The Morgan fingerprint density at radius 2 is 1.81 bits per heavy atom. The van der Waals surface area contributed by atoms with Gasteiger partial charge >= 0.3 is 0 Å². The number of sulfonamides is 1. The van der Waals surface area contributed by atoms with Gasteiger partial charge in [0.2, 0.25) is 15.9 Å². The van der Waals surface area contributed by atoms with E-state index in [1.165, 1.54) is 9.21 Å². The highest BCUT2D eigenvalue weighted by Gasteiger charge is 2.50. The van der Waals surface area contributed by atoms with Crippen molar-refractivity contribution in [2.75, 3.05) is 20.6 Å². The second kappa shape index (κ2) is 4.82. The number of carbonyl (C=O) groups is 1. The van der Waals surface area contributed by atoms with Crippen molar-refractivity contribution in [3.63, 3.8) is 0 Å². The number of rotatable bonds is 3. The zero-order chi connectivity index (χ0) is 15.2. The second-order valence-corrected chi connectivity index (χ2v) is 7.16. The van der Waals surface area contributed by atoms with Crippen LogP contribution in [-0.2, 0) is 14.8 Å². The van der Waals surface area contributed by atoms with E-state index in [2.05, 4.69) is 0 Å². The van der Waals surface area contributed by atoms with Crippen molar-refractivity contribution in [1.29, 1.82) is 0 Å². The Morgan fingerprint density at radius 3 is 2.52 bits per heavy atom. The summed E-state index contributed by atoms with van der Waals surface area (Å²) in [4.78, 5) is 13.6. The van der Waals surface area contributed by atoms with E-state index in [-0.39, 0.29) is 17.3 Å². The summed E-state index contributed by atoms with van der Waals surface area (Å²) in [6.45, 7) is 0.253. The Bertz CT molecular complexity index is 809. The Labute approximate surface area is 123 Å². The number of carbonyl (C=O) groups excluding carboxylic acids is 1. The van der Waals surface area contributed by atoms with E-state index in [4.69, 9.17) is 0 Å². The predicted molar refractivity (Wildman–Crippen MR) is 80.3 cm³/mol. The maximum Gasteiger partial charge on any atom is 0.244 e. The molecule has 1 heterocycles. The first-order valence-electron chi connectivity index (χ1n) is 6.63. The van der Waals surface area contributed by atoms with Crippen molar-refractivity contribution in [2.45, 2.75) is 10.9 Å². The van der Waals surface area contributed by atoms with Gasteiger partial charge in [0.1, 0.15) is 6.04 Å². The maximum atomic E-state index is 12.7. The van der Waals surface area contributed by atoms with E-state index < -0.39 is 16.1 Å². The van der Waals surface area contributed by atoms with Crippen LogP contribution in [0, 0.1) is 0 Å². The molecule has 0 spiro atoms. The highest BCUT2D eigenvalue weighted by atomic mass is 32.2. The van der Waals surface area contributed by atoms with Crippen LogP contribution >= 0.6 is 0 Å². The van der Waals surface area contributed by atoms with Crippen molar-refractivity contribution in [2.24, 2.45) is 0 Å². The lowest BCUT2D eigenvalue weighted by Crippen LogP contribution is -2.30. The highest BCUT2D eigenvalue weighted by molar-refractivity contribution is 7.89. The molecule has 0 N–H and O–H groups in total. The lowest BCUT2D eigenvalue weighted by atomic mass is 10.1. The van der Waals surface area contributed by atoms with Crippen LogP contribution in [0.2, 0.25) is 0 Å². The smallest absolute Gasteiger partial charge is 0.244 e. The molecule has 1 amide bonds. The molecule has 3 rings (SSSR count). The average molecular weight is 304 g/mol. The molecule has 21 heavy (non-hydrogen) atoms. The van der Waals surface area contributed by atoms with Crippen LogP contribution in [0.1, 0.15) is 0 Å². The SMILES string of the molecule is CN(C)C(=O)C1CN1S(=O)(=O)c1cccc2ccccc12. The summed E-state index contributed by atoms with van der Waals surface area (Å²) >= 11 is 0. The largest absolute Gasteiger partial charge is 0.347 e. The third-order valence-corrected chi connectivity index (χ3v) is 5.56. The first-order valence-corrected chi connectivity index (χ1v) is 8.07. The highest BCUT2D eigenvalue weighted by Crippen LogP contribution is 2.32. The van der Waals surface area contributed by atoms with Crippen molar-refractivity contribution >= 4 is 26.7 Å². The van der Waals surface area contributed by atoms with Crippen LogP contribution in [-0.4, -0.2) is 50.2 Å². The molecule has 5 nitrogen and oxygen atoms in total. The fourth-order valence-electron chi connectivity index (χ4n) is 2.44. The quantitative estimate of drug-likeness (QED) is 0.803. The summed E-state index contributed by atoms with van der Waals surface area (Å²) < 4.78 is 26.6. The maximum absolute atomic E-state index is 12.7. The summed E-state index contributed by atoms with van der Waals surface area (Å²) in [6, 6.07) is 12.0. The van der Waals surface area contributed by atoms with Crippen LogP contribution in [0.5, 0.6) is 0 Å².